The molecule has 28 valence electrons. The Hall–Kier alpha value is 1.05. The molecule has 0 radical (unpaired) electrons. The van der Waals surface area contributed by atoms with Crippen LogP contribution in [0.3, 0.4) is 0 Å². The topological polar surface area (TPSA) is 17.1 Å². The van der Waals surface area contributed by atoms with Crippen LogP contribution in [0.4, 0.5) is 0 Å². The third kappa shape index (κ3) is 3.05. The second kappa shape index (κ2) is 4.05. The molecular formula is CAuIO. The number of halogens is 1. The fourth-order valence-electron chi connectivity index (χ4n) is 0. The zero-order chi connectivity index (χ0) is 3.41. The molecule has 0 fully saturated rings. The summed E-state index contributed by atoms with van der Waals surface area (Å²) in [6.07, 6.45) is 0. The van der Waals surface area contributed by atoms with Gasteiger partial charge in [0, 0.05) is 0 Å². The summed E-state index contributed by atoms with van der Waals surface area (Å²) in [7, 11) is 0. The molecule has 0 rings (SSSR count). The Morgan fingerprint density at radius 2 is 2.25 bits per heavy atom. The van der Waals surface area contributed by atoms with E-state index in [2.05, 4.69) is 0 Å². The molecule has 0 saturated heterocycles. The summed E-state index contributed by atoms with van der Waals surface area (Å²) < 4.78 is 1.76. The summed E-state index contributed by atoms with van der Waals surface area (Å²) in [5.74, 6) is 0. The van der Waals surface area contributed by atoms with E-state index in [1.54, 1.807) is 4.09 Å². The quantitative estimate of drug-likeness (QED) is 0.458. The number of hydrogen-bond acceptors (Lipinski definition) is 1. The molecule has 0 unspecified atom stereocenters. The zero-order valence-electron chi connectivity index (χ0n) is 1.59. The Morgan fingerprint density at radius 3 is 2.25 bits per heavy atom. The molecular weight excluding hydrogens is 352 g/mol. The van der Waals surface area contributed by atoms with E-state index in [0.717, 1.165) is 0 Å². The summed E-state index contributed by atoms with van der Waals surface area (Å²) in [5.41, 5.74) is 0. The molecule has 0 heterocycles. The Morgan fingerprint density at radius 1 is 2.00 bits per heavy atom. The normalized spacial score (nSPS) is 6.25. The molecule has 0 spiro atoms. The van der Waals surface area contributed by atoms with E-state index in [-0.39, 0.29) is 15.5 Å². The van der Waals surface area contributed by atoms with Crippen LogP contribution in [0.1, 0.15) is 0 Å². The van der Waals surface area contributed by atoms with Gasteiger partial charge in [-0.05, 0) is 0 Å². The molecule has 0 bridgehead atoms. The molecule has 0 amide bonds. The van der Waals surface area contributed by atoms with Crippen molar-refractivity contribution >= 4 is 23.1 Å². The van der Waals surface area contributed by atoms with Crippen molar-refractivity contribution in [3.05, 3.63) is 0 Å². The standard InChI is InChI=1S/CO.Au.HI/c1-2;;/h;;1H/q;+1;/p-1. The SMILES string of the molecule is O=[C]=[Au][I]. The Labute approximate surface area is 43.1 Å². The van der Waals surface area contributed by atoms with Gasteiger partial charge in [-0.3, -0.25) is 0 Å². The minimum absolute atomic E-state index is 0.143. The van der Waals surface area contributed by atoms with E-state index in [1.807, 2.05) is 19.0 Å². The van der Waals surface area contributed by atoms with Gasteiger partial charge in [0.05, 0.1) is 0 Å². The van der Waals surface area contributed by atoms with E-state index in [0.29, 0.717) is 0 Å². The Kier molecular flexibility index (Phi) is 5.11. The third-order valence-corrected chi connectivity index (χ3v) is 1.28. The van der Waals surface area contributed by atoms with Crippen molar-refractivity contribution < 1.29 is 20.3 Å². The van der Waals surface area contributed by atoms with Gasteiger partial charge in [-0.15, -0.1) is 0 Å². The van der Waals surface area contributed by atoms with Crippen LogP contribution in [0.5, 0.6) is 0 Å². The predicted molar refractivity (Wildman–Crippen MR) is 19.7 cm³/mol. The van der Waals surface area contributed by atoms with Crippen molar-refractivity contribution in [3.63, 3.8) is 0 Å². The van der Waals surface area contributed by atoms with Crippen LogP contribution in [0.25, 0.3) is 0 Å². The van der Waals surface area contributed by atoms with E-state index >= 15 is 0 Å². The van der Waals surface area contributed by atoms with Crippen LogP contribution < -0.4 is 0 Å². The van der Waals surface area contributed by atoms with Gasteiger partial charge in [0.15, 0.2) is 0 Å². The summed E-state index contributed by atoms with van der Waals surface area (Å²) >= 11 is 1.88. The number of rotatable bonds is 0. The first-order chi connectivity index (χ1) is 1.91. The summed E-state index contributed by atoms with van der Waals surface area (Å²) in [6.45, 7) is 0. The van der Waals surface area contributed by atoms with E-state index in [9.17, 15) is 0 Å². The van der Waals surface area contributed by atoms with Crippen LogP contribution in [-0.2, 0) is 20.3 Å². The van der Waals surface area contributed by atoms with Crippen molar-refractivity contribution in [1.82, 2.24) is 0 Å². The van der Waals surface area contributed by atoms with Crippen molar-refractivity contribution in [2.24, 2.45) is 0 Å². The molecule has 3 heteroatoms. The van der Waals surface area contributed by atoms with Crippen molar-refractivity contribution in [2.75, 3.05) is 0 Å². The first-order valence-corrected chi connectivity index (χ1v) is 7.70. The van der Waals surface area contributed by atoms with Crippen LogP contribution in [-0.4, -0.2) is 4.09 Å². The number of hydrogen-bond donors (Lipinski definition) is 0. The first kappa shape index (κ1) is 5.05. The molecule has 0 aromatic rings. The van der Waals surface area contributed by atoms with Crippen LogP contribution in [0, 0.1) is 0 Å². The average Bonchev–Trinajstić information content (AvgIpc) is 1.37. The maximum atomic E-state index is 9.08. The molecule has 0 aliphatic rings. The van der Waals surface area contributed by atoms with Crippen molar-refractivity contribution in [2.45, 2.75) is 0 Å². The average molecular weight is 352 g/mol. The van der Waals surface area contributed by atoms with Gasteiger partial charge in [-0.1, -0.05) is 0 Å². The van der Waals surface area contributed by atoms with E-state index in [4.69, 9.17) is 4.79 Å². The van der Waals surface area contributed by atoms with Gasteiger partial charge in [-0.25, -0.2) is 0 Å². The molecule has 4 heavy (non-hydrogen) atoms. The van der Waals surface area contributed by atoms with Gasteiger partial charge in [0.25, 0.3) is 0 Å². The van der Waals surface area contributed by atoms with E-state index < -0.39 is 0 Å². The van der Waals surface area contributed by atoms with Crippen LogP contribution in [0.2, 0.25) is 0 Å². The van der Waals surface area contributed by atoms with E-state index in [1.165, 1.54) is 0 Å². The fraction of sp³-hybridized carbons (Fsp3) is 0. The van der Waals surface area contributed by atoms with Crippen molar-refractivity contribution in [3.8, 4) is 0 Å². The molecule has 0 aliphatic carbocycles. The molecule has 0 N–H and O–H groups in total. The second-order valence-electron chi connectivity index (χ2n) is 0.119. The van der Waals surface area contributed by atoms with Gasteiger partial charge >= 0.3 is 43.4 Å². The predicted octanol–water partition coefficient (Wildman–Crippen LogP) is 0.486. The molecule has 0 aromatic heterocycles. The molecule has 0 aromatic carbocycles. The van der Waals surface area contributed by atoms with Gasteiger partial charge in [0.1, 0.15) is 0 Å². The van der Waals surface area contributed by atoms with Crippen LogP contribution in [0.15, 0.2) is 0 Å². The second-order valence-corrected chi connectivity index (χ2v) is 3.63. The number of carbonyl (C=O) groups excluding carboxylic acids is 1. The Bertz CT molecular complexity index is 46.0. The fourth-order valence-corrected chi connectivity index (χ4v) is 0. The summed E-state index contributed by atoms with van der Waals surface area (Å²) in [4.78, 5) is 9.08. The summed E-state index contributed by atoms with van der Waals surface area (Å²) in [5, 5.41) is 0. The molecule has 0 aliphatic heterocycles. The molecule has 0 saturated carbocycles. The first-order valence-electron chi connectivity index (χ1n) is 0.469. The van der Waals surface area contributed by atoms with Gasteiger partial charge in [-0.2, -0.15) is 0 Å². The monoisotopic (exact) mass is 352 g/mol. The van der Waals surface area contributed by atoms with Gasteiger partial charge < -0.3 is 0 Å². The third-order valence-electron chi connectivity index (χ3n) is 0.0233. The molecule has 0 atom stereocenters. The van der Waals surface area contributed by atoms with Crippen LogP contribution >= 0.6 is 19.0 Å². The Balaban J connectivity index is 3.11. The molecule has 1 nitrogen and oxygen atoms in total. The van der Waals surface area contributed by atoms with Crippen molar-refractivity contribution in [1.29, 1.82) is 0 Å². The minimum atomic E-state index is -0.143. The maximum absolute atomic E-state index is 9.08. The van der Waals surface area contributed by atoms with Gasteiger partial charge in [0.2, 0.25) is 0 Å². The summed E-state index contributed by atoms with van der Waals surface area (Å²) in [6, 6.07) is 0. The zero-order valence-corrected chi connectivity index (χ0v) is 5.91.